The third kappa shape index (κ3) is 3.75. The van der Waals surface area contributed by atoms with Crippen molar-refractivity contribution in [3.05, 3.63) is 52.5 Å². The molecule has 1 atom stereocenters. The minimum absolute atomic E-state index is 0.0719. The highest BCUT2D eigenvalue weighted by molar-refractivity contribution is 9.10. The summed E-state index contributed by atoms with van der Waals surface area (Å²) >= 11 is 3.21. The summed E-state index contributed by atoms with van der Waals surface area (Å²) < 4.78 is 19.4. The number of ether oxygens (including phenoxy) is 1. The van der Waals surface area contributed by atoms with Gasteiger partial charge in [-0.15, -0.1) is 0 Å². The molecule has 1 heterocycles. The van der Waals surface area contributed by atoms with Gasteiger partial charge in [-0.05, 0) is 30.7 Å². The number of rotatable bonds is 4. The predicted octanol–water partition coefficient (Wildman–Crippen LogP) is 4.19. The Balaban J connectivity index is 2.15. The summed E-state index contributed by atoms with van der Waals surface area (Å²) in [5.74, 6) is 0.604. The van der Waals surface area contributed by atoms with Gasteiger partial charge >= 0.3 is 0 Å². The van der Waals surface area contributed by atoms with Gasteiger partial charge in [-0.1, -0.05) is 22.9 Å². The summed E-state index contributed by atoms with van der Waals surface area (Å²) in [7, 11) is 0. The second-order valence-corrected chi connectivity index (χ2v) is 5.06. The molecule has 3 nitrogen and oxygen atoms in total. The van der Waals surface area contributed by atoms with Crippen LogP contribution in [0.5, 0.6) is 11.5 Å². The molecule has 0 aliphatic rings. The van der Waals surface area contributed by atoms with E-state index in [1.54, 1.807) is 18.3 Å². The minimum Gasteiger partial charge on any atom is -0.456 e. The third-order valence-corrected chi connectivity index (χ3v) is 3.11. The van der Waals surface area contributed by atoms with Crippen LogP contribution in [0.25, 0.3) is 0 Å². The molecule has 0 amide bonds. The summed E-state index contributed by atoms with van der Waals surface area (Å²) in [5.41, 5.74) is 6.69. The first-order valence-electron chi connectivity index (χ1n) is 5.94. The molecular formula is C14H14BrFN2O. The number of hydrogen-bond donors (Lipinski definition) is 1. The Morgan fingerprint density at radius 1 is 1.32 bits per heavy atom. The minimum atomic E-state index is -0.359. The van der Waals surface area contributed by atoms with Gasteiger partial charge in [0.2, 0.25) is 0 Å². The Morgan fingerprint density at radius 3 is 2.68 bits per heavy atom. The van der Waals surface area contributed by atoms with Gasteiger partial charge in [0.25, 0.3) is 0 Å². The molecular weight excluding hydrogens is 311 g/mol. The Morgan fingerprint density at radius 2 is 2.11 bits per heavy atom. The summed E-state index contributed by atoms with van der Waals surface area (Å²) in [5, 5.41) is 0. The van der Waals surface area contributed by atoms with Crippen molar-refractivity contribution in [3.8, 4) is 11.5 Å². The number of nitrogens with zero attached hydrogens (tertiary/aromatic N) is 1. The molecule has 0 saturated carbocycles. The molecule has 0 aliphatic carbocycles. The van der Waals surface area contributed by atoms with E-state index in [2.05, 4.69) is 20.9 Å². The highest BCUT2D eigenvalue weighted by Gasteiger charge is 2.06. The second-order valence-electron chi connectivity index (χ2n) is 4.14. The first-order chi connectivity index (χ1) is 9.08. The topological polar surface area (TPSA) is 48.1 Å². The standard InChI is InChI=1S/C14H14BrFN2O/c1-2-13(17)14-4-3-11(8-18-14)19-12-6-9(15)5-10(16)7-12/h3-8,13H,2,17H2,1H3/t13-/m1/s1. The molecule has 5 heteroatoms. The monoisotopic (exact) mass is 324 g/mol. The second kappa shape index (κ2) is 6.12. The van der Waals surface area contributed by atoms with Gasteiger partial charge in [-0.2, -0.15) is 0 Å². The molecule has 0 unspecified atom stereocenters. The summed E-state index contributed by atoms with van der Waals surface area (Å²) in [6.45, 7) is 2.00. The van der Waals surface area contributed by atoms with E-state index in [1.165, 1.54) is 12.1 Å². The lowest BCUT2D eigenvalue weighted by Crippen LogP contribution is -2.10. The number of nitrogens with two attached hydrogens (primary N) is 1. The third-order valence-electron chi connectivity index (χ3n) is 2.65. The van der Waals surface area contributed by atoms with Crippen molar-refractivity contribution in [2.24, 2.45) is 5.73 Å². The van der Waals surface area contributed by atoms with E-state index in [0.29, 0.717) is 16.0 Å². The number of benzene rings is 1. The lowest BCUT2D eigenvalue weighted by molar-refractivity contribution is 0.473. The van der Waals surface area contributed by atoms with Gasteiger partial charge < -0.3 is 10.5 Å². The lowest BCUT2D eigenvalue weighted by Gasteiger charge is -2.10. The van der Waals surface area contributed by atoms with Crippen LogP contribution in [0.4, 0.5) is 4.39 Å². The zero-order chi connectivity index (χ0) is 13.8. The summed E-state index contributed by atoms with van der Waals surface area (Å²) in [4.78, 5) is 4.23. The van der Waals surface area contributed by atoms with Crippen LogP contribution in [0.2, 0.25) is 0 Å². The molecule has 2 N–H and O–H groups in total. The fraction of sp³-hybridized carbons (Fsp3) is 0.214. The number of hydrogen-bond acceptors (Lipinski definition) is 3. The van der Waals surface area contributed by atoms with Crippen LogP contribution in [0.1, 0.15) is 25.1 Å². The van der Waals surface area contributed by atoms with Crippen molar-refractivity contribution in [1.82, 2.24) is 4.98 Å². The normalized spacial score (nSPS) is 12.2. The molecule has 100 valence electrons. The van der Waals surface area contributed by atoms with Crippen LogP contribution >= 0.6 is 15.9 Å². The van der Waals surface area contributed by atoms with Crippen molar-refractivity contribution < 1.29 is 9.13 Å². The molecule has 2 aromatic rings. The quantitative estimate of drug-likeness (QED) is 0.917. The first kappa shape index (κ1) is 14.0. The number of pyridine rings is 1. The van der Waals surface area contributed by atoms with E-state index in [4.69, 9.17) is 10.5 Å². The molecule has 0 radical (unpaired) electrons. The van der Waals surface area contributed by atoms with Crippen LogP contribution in [0.15, 0.2) is 41.0 Å². The van der Waals surface area contributed by atoms with Crippen molar-refractivity contribution >= 4 is 15.9 Å². The molecule has 0 aliphatic heterocycles. The maximum Gasteiger partial charge on any atom is 0.145 e. The van der Waals surface area contributed by atoms with Crippen LogP contribution in [0, 0.1) is 5.82 Å². The molecule has 1 aromatic carbocycles. The highest BCUT2D eigenvalue weighted by atomic mass is 79.9. The van der Waals surface area contributed by atoms with E-state index in [-0.39, 0.29) is 11.9 Å². The fourth-order valence-corrected chi connectivity index (χ4v) is 2.05. The van der Waals surface area contributed by atoms with Crippen molar-refractivity contribution in [2.45, 2.75) is 19.4 Å². The van der Waals surface area contributed by atoms with Gasteiger partial charge in [0, 0.05) is 16.6 Å². The molecule has 0 spiro atoms. The van der Waals surface area contributed by atoms with Crippen LogP contribution < -0.4 is 10.5 Å². The molecule has 0 bridgehead atoms. The van der Waals surface area contributed by atoms with E-state index >= 15 is 0 Å². The Hall–Kier alpha value is -1.46. The van der Waals surface area contributed by atoms with Crippen molar-refractivity contribution in [3.63, 3.8) is 0 Å². The predicted molar refractivity (Wildman–Crippen MR) is 75.6 cm³/mol. The van der Waals surface area contributed by atoms with Crippen molar-refractivity contribution in [2.75, 3.05) is 0 Å². The maximum atomic E-state index is 13.2. The van der Waals surface area contributed by atoms with Crippen molar-refractivity contribution in [1.29, 1.82) is 0 Å². The number of aromatic nitrogens is 1. The van der Waals surface area contributed by atoms with Gasteiger partial charge in [0.15, 0.2) is 0 Å². The first-order valence-corrected chi connectivity index (χ1v) is 6.73. The summed E-state index contributed by atoms with van der Waals surface area (Å²) in [6.07, 6.45) is 2.41. The molecule has 0 saturated heterocycles. The summed E-state index contributed by atoms with van der Waals surface area (Å²) in [6, 6.07) is 7.89. The van der Waals surface area contributed by atoms with Crippen LogP contribution in [-0.2, 0) is 0 Å². The molecule has 19 heavy (non-hydrogen) atoms. The van der Waals surface area contributed by atoms with Gasteiger partial charge in [0.1, 0.15) is 17.3 Å². The van der Waals surface area contributed by atoms with E-state index in [9.17, 15) is 4.39 Å². The average molecular weight is 325 g/mol. The molecule has 0 fully saturated rings. The Labute approximate surface area is 119 Å². The SMILES string of the molecule is CC[C@@H](N)c1ccc(Oc2cc(F)cc(Br)c2)cn1. The zero-order valence-electron chi connectivity index (χ0n) is 10.4. The van der Waals surface area contributed by atoms with Gasteiger partial charge in [0.05, 0.1) is 11.9 Å². The average Bonchev–Trinajstić information content (AvgIpc) is 2.37. The largest absolute Gasteiger partial charge is 0.456 e. The van der Waals surface area contributed by atoms with E-state index in [0.717, 1.165) is 12.1 Å². The van der Waals surface area contributed by atoms with Crippen LogP contribution in [-0.4, -0.2) is 4.98 Å². The van der Waals surface area contributed by atoms with Crippen LogP contribution in [0.3, 0.4) is 0 Å². The smallest absolute Gasteiger partial charge is 0.145 e. The van der Waals surface area contributed by atoms with Gasteiger partial charge in [-0.25, -0.2) is 4.39 Å². The maximum absolute atomic E-state index is 13.2. The zero-order valence-corrected chi connectivity index (χ0v) is 12.0. The highest BCUT2D eigenvalue weighted by Crippen LogP contribution is 2.26. The Kier molecular flexibility index (Phi) is 4.50. The number of halogens is 2. The lowest BCUT2D eigenvalue weighted by atomic mass is 10.1. The Bertz CT molecular complexity index is 540. The molecule has 2 rings (SSSR count). The van der Waals surface area contributed by atoms with Gasteiger partial charge in [-0.3, -0.25) is 4.98 Å². The van der Waals surface area contributed by atoms with E-state index in [1.807, 2.05) is 13.0 Å². The fourth-order valence-electron chi connectivity index (χ4n) is 1.60. The molecule has 1 aromatic heterocycles. The van der Waals surface area contributed by atoms with E-state index < -0.39 is 0 Å².